The maximum Gasteiger partial charge on any atom is 0.334 e. The molecule has 2 rings (SSSR count). The fourth-order valence-electron chi connectivity index (χ4n) is 1.79. The molecule has 8 heteroatoms. The highest BCUT2D eigenvalue weighted by Crippen LogP contribution is 2.06. The second-order valence-corrected chi connectivity index (χ2v) is 4.20. The van der Waals surface area contributed by atoms with E-state index in [0.717, 1.165) is 0 Å². The summed E-state index contributed by atoms with van der Waals surface area (Å²) < 4.78 is 9.90. The standard InChI is InChI=1S/C12H14N2O6/c15-10(6-13-11(16)8-2-1-4-19-8)14-3-5-20-9(7-14)12(17)18/h1-2,4,9H,3,5-7H2,(H,13,16)(H,17,18). The van der Waals surface area contributed by atoms with Crippen LogP contribution in [0.15, 0.2) is 22.8 Å². The van der Waals surface area contributed by atoms with Gasteiger partial charge in [-0.25, -0.2) is 4.79 Å². The highest BCUT2D eigenvalue weighted by molar-refractivity contribution is 5.94. The van der Waals surface area contributed by atoms with E-state index in [2.05, 4.69) is 5.32 Å². The van der Waals surface area contributed by atoms with E-state index in [1.54, 1.807) is 6.07 Å². The van der Waals surface area contributed by atoms with Gasteiger partial charge in [-0.2, -0.15) is 0 Å². The summed E-state index contributed by atoms with van der Waals surface area (Å²) in [6.07, 6.45) is 0.337. The lowest BCUT2D eigenvalue weighted by Gasteiger charge is -2.30. The fourth-order valence-corrected chi connectivity index (χ4v) is 1.79. The van der Waals surface area contributed by atoms with Gasteiger partial charge in [-0.1, -0.05) is 0 Å². The summed E-state index contributed by atoms with van der Waals surface area (Å²) in [6.45, 7) is 0.227. The number of hydrogen-bond donors (Lipinski definition) is 2. The van der Waals surface area contributed by atoms with Gasteiger partial charge in [-0.15, -0.1) is 0 Å². The van der Waals surface area contributed by atoms with Crippen LogP contribution in [0.25, 0.3) is 0 Å². The first-order valence-corrected chi connectivity index (χ1v) is 6.02. The molecule has 1 aliphatic heterocycles. The number of hydrogen-bond acceptors (Lipinski definition) is 5. The van der Waals surface area contributed by atoms with Crippen LogP contribution in [0.2, 0.25) is 0 Å². The van der Waals surface area contributed by atoms with Crippen molar-refractivity contribution in [3.63, 3.8) is 0 Å². The smallest absolute Gasteiger partial charge is 0.334 e. The van der Waals surface area contributed by atoms with Crippen LogP contribution >= 0.6 is 0 Å². The van der Waals surface area contributed by atoms with Crippen molar-refractivity contribution in [3.05, 3.63) is 24.2 Å². The first-order chi connectivity index (χ1) is 9.58. The summed E-state index contributed by atoms with van der Waals surface area (Å²) in [5.74, 6) is -1.85. The number of carboxylic acid groups (broad SMARTS) is 1. The SMILES string of the molecule is O=C(NCC(=O)N1CCOC(C(=O)O)C1)c1ccco1. The molecule has 2 amide bonds. The van der Waals surface area contributed by atoms with E-state index < -0.39 is 18.0 Å². The van der Waals surface area contributed by atoms with Crippen molar-refractivity contribution in [2.45, 2.75) is 6.10 Å². The Kier molecular flexibility index (Phi) is 4.36. The summed E-state index contributed by atoms with van der Waals surface area (Å²) in [7, 11) is 0. The Morgan fingerprint density at radius 3 is 2.90 bits per heavy atom. The molecular formula is C12H14N2O6. The third kappa shape index (κ3) is 3.35. The Hall–Kier alpha value is -2.35. The second kappa shape index (κ2) is 6.20. The van der Waals surface area contributed by atoms with Gasteiger partial charge in [0.25, 0.3) is 5.91 Å². The predicted octanol–water partition coefficient (Wildman–Crippen LogP) is -0.679. The van der Waals surface area contributed by atoms with Crippen LogP contribution in [0.3, 0.4) is 0 Å². The topological polar surface area (TPSA) is 109 Å². The third-order valence-corrected chi connectivity index (χ3v) is 2.84. The molecule has 2 heterocycles. The Labute approximate surface area is 114 Å². The van der Waals surface area contributed by atoms with Crippen LogP contribution in [0.4, 0.5) is 0 Å². The number of ether oxygens (including phenoxy) is 1. The van der Waals surface area contributed by atoms with Crippen LogP contribution in [0.5, 0.6) is 0 Å². The van der Waals surface area contributed by atoms with Crippen LogP contribution < -0.4 is 5.32 Å². The van der Waals surface area contributed by atoms with E-state index in [-0.39, 0.29) is 31.4 Å². The molecule has 0 spiro atoms. The van der Waals surface area contributed by atoms with Crippen molar-refractivity contribution in [2.75, 3.05) is 26.2 Å². The molecule has 108 valence electrons. The molecule has 8 nitrogen and oxygen atoms in total. The van der Waals surface area contributed by atoms with E-state index in [4.69, 9.17) is 14.3 Å². The summed E-state index contributed by atoms with van der Waals surface area (Å²) in [5.41, 5.74) is 0. The Balaban J connectivity index is 1.82. The first-order valence-electron chi connectivity index (χ1n) is 6.02. The minimum absolute atomic E-state index is 0.0230. The molecule has 1 aromatic heterocycles. The maximum atomic E-state index is 11.9. The fraction of sp³-hybridized carbons (Fsp3) is 0.417. The Morgan fingerprint density at radius 1 is 1.45 bits per heavy atom. The predicted molar refractivity (Wildman–Crippen MR) is 65.0 cm³/mol. The van der Waals surface area contributed by atoms with Crippen molar-refractivity contribution in [1.82, 2.24) is 10.2 Å². The van der Waals surface area contributed by atoms with Crippen LogP contribution in [-0.2, 0) is 14.3 Å². The van der Waals surface area contributed by atoms with Gasteiger partial charge in [0.15, 0.2) is 11.9 Å². The number of furan rings is 1. The number of nitrogens with one attached hydrogen (secondary N) is 1. The van der Waals surface area contributed by atoms with Gasteiger partial charge in [0.2, 0.25) is 5.91 Å². The molecule has 2 N–H and O–H groups in total. The average Bonchev–Trinajstić information content (AvgIpc) is 2.98. The van der Waals surface area contributed by atoms with Gasteiger partial charge < -0.3 is 24.5 Å². The van der Waals surface area contributed by atoms with Crippen LogP contribution in [0.1, 0.15) is 10.6 Å². The first kappa shape index (κ1) is 14.1. The molecule has 1 fully saturated rings. The molecule has 0 aromatic carbocycles. The van der Waals surface area contributed by atoms with Gasteiger partial charge in [-0.05, 0) is 12.1 Å². The average molecular weight is 282 g/mol. The minimum Gasteiger partial charge on any atom is -0.479 e. The van der Waals surface area contributed by atoms with E-state index in [0.29, 0.717) is 6.54 Å². The molecule has 0 saturated carbocycles. The van der Waals surface area contributed by atoms with Crippen molar-refractivity contribution >= 4 is 17.8 Å². The zero-order valence-corrected chi connectivity index (χ0v) is 10.6. The van der Waals surface area contributed by atoms with Gasteiger partial charge in [0.1, 0.15) is 0 Å². The highest BCUT2D eigenvalue weighted by Gasteiger charge is 2.28. The van der Waals surface area contributed by atoms with E-state index in [1.165, 1.54) is 17.2 Å². The lowest BCUT2D eigenvalue weighted by atomic mass is 10.2. The maximum absolute atomic E-state index is 11.9. The van der Waals surface area contributed by atoms with Gasteiger partial charge in [0.05, 0.1) is 26.0 Å². The highest BCUT2D eigenvalue weighted by atomic mass is 16.5. The van der Waals surface area contributed by atoms with Crippen molar-refractivity contribution < 1.29 is 28.6 Å². The molecule has 1 aromatic rings. The summed E-state index contributed by atoms with van der Waals surface area (Å²) >= 11 is 0. The minimum atomic E-state index is -1.11. The second-order valence-electron chi connectivity index (χ2n) is 4.20. The van der Waals surface area contributed by atoms with Gasteiger partial charge in [-0.3, -0.25) is 9.59 Å². The molecule has 1 saturated heterocycles. The number of carboxylic acids is 1. The zero-order chi connectivity index (χ0) is 14.5. The lowest BCUT2D eigenvalue weighted by molar-refractivity contribution is -0.159. The van der Waals surface area contributed by atoms with Crippen molar-refractivity contribution in [1.29, 1.82) is 0 Å². The Bertz CT molecular complexity index is 498. The largest absolute Gasteiger partial charge is 0.479 e. The number of morpholine rings is 1. The van der Waals surface area contributed by atoms with E-state index in [1.807, 2.05) is 0 Å². The Morgan fingerprint density at radius 2 is 2.25 bits per heavy atom. The van der Waals surface area contributed by atoms with Crippen LogP contribution in [0, 0.1) is 0 Å². The number of amides is 2. The van der Waals surface area contributed by atoms with Crippen molar-refractivity contribution in [2.24, 2.45) is 0 Å². The molecular weight excluding hydrogens is 268 g/mol. The molecule has 20 heavy (non-hydrogen) atoms. The summed E-state index contributed by atoms with van der Waals surface area (Å²) in [5, 5.41) is 11.2. The third-order valence-electron chi connectivity index (χ3n) is 2.84. The molecule has 0 radical (unpaired) electrons. The van der Waals surface area contributed by atoms with E-state index in [9.17, 15) is 14.4 Å². The van der Waals surface area contributed by atoms with Crippen LogP contribution in [-0.4, -0.2) is 60.1 Å². The molecule has 1 atom stereocenters. The molecule has 1 unspecified atom stereocenters. The van der Waals surface area contributed by atoms with E-state index >= 15 is 0 Å². The summed E-state index contributed by atoms with van der Waals surface area (Å²) in [4.78, 5) is 35.6. The quantitative estimate of drug-likeness (QED) is 0.757. The van der Waals surface area contributed by atoms with Gasteiger partial charge >= 0.3 is 5.97 Å². The zero-order valence-electron chi connectivity index (χ0n) is 10.6. The molecule has 0 aliphatic carbocycles. The molecule has 0 bridgehead atoms. The number of rotatable bonds is 4. The summed E-state index contributed by atoms with van der Waals surface area (Å²) in [6, 6.07) is 3.05. The monoisotopic (exact) mass is 282 g/mol. The number of nitrogens with zero attached hydrogens (tertiary/aromatic N) is 1. The lowest BCUT2D eigenvalue weighted by Crippen LogP contribution is -2.51. The molecule has 1 aliphatic rings. The van der Waals surface area contributed by atoms with Gasteiger partial charge in [0, 0.05) is 6.54 Å². The number of aliphatic carboxylic acids is 1. The number of carbonyl (C=O) groups excluding carboxylic acids is 2. The normalized spacial score (nSPS) is 18.6. The number of carbonyl (C=O) groups is 3. The van der Waals surface area contributed by atoms with Crippen molar-refractivity contribution in [3.8, 4) is 0 Å².